The van der Waals surface area contributed by atoms with Gasteiger partial charge in [0.25, 0.3) is 0 Å². The van der Waals surface area contributed by atoms with E-state index in [0.717, 1.165) is 15.9 Å². The normalized spacial score (nSPS) is 12.9. The molecule has 0 bridgehead atoms. The minimum Gasteiger partial charge on any atom is -0.387 e. The zero-order valence-electron chi connectivity index (χ0n) is 10.5. The van der Waals surface area contributed by atoms with Crippen LogP contribution in [0.2, 0.25) is 0 Å². The van der Waals surface area contributed by atoms with Gasteiger partial charge in [0.2, 0.25) is 0 Å². The summed E-state index contributed by atoms with van der Waals surface area (Å²) in [5.74, 6) is 1.36. The predicted octanol–water partition coefficient (Wildman–Crippen LogP) is 3.50. The Morgan fingerprint density at radius 2 is 2.17 bits per heavy atom. The molecule has 0 fully saturated rings. The van der Waals surface area contributed by atoms with Gasteiger partial charge in [-0.15, -0.1) is 0 Å². The number of aliphatic hydroxyl groups is 1. The molecule has 1 aromatic heterocycles. The molecular weight excluding hydrogens is 292 g/mol. The first-order chi connectivity index (χ1) is 8.58. The van der Waals surface area contributed by atoms with Crippen molar-refractivity contribution in [2.24, 2.45) is 0 Å². The first kappa shape index (κ1) is 13.3. The molecule has 2 aromatic rings. The van der Waals surface area contributed by atoms with Gasteiger partial charge in [-0.1, -0.05) is 41.9 Å². The van der Waals surface area contributed by atoms with Crippen LogP contribution < -0.4 is 0 Å². The second-order valence-electron chi connectivity index (χ2n) is 4.66. The molecule has 0 aliphatic heterocycles. The lowest BCUT2D eigenvalue weighted by Crippen LogP contribution is -2.11. The van der Waals surface area contributed by atoms with Crippen LogP contribution in [0.15, 0.2) is 41.1 Å². The van der Waals surface area contributed by atoms with E-state index in [0.29, 0.717) is 12.5 Å². The Balaban J connectivity index is 2.16. The zero-order valence-corrected chi connectivity index (χ0v) is 12.1. The van der Waals surface area contributed by atoms with E-state index in [4.69, 9.17) is 0 Å². The third kappa shape index (κ3) is 3.00. The van der Waals surface area contributed by atoms with Crippen LogP contribution in [0, 0.1) is 0 Å². The van der Waals surface area contributed by atoms with Gasteiger partial charge in [0.1, 0.15) is 5.82 Å². The molecule has 0 saturated carbocycles. The van der Waals surface area contributed by atoms with Crippen molar-refractivity contribution < 1.29 is 5.11 Å². The molecule has 4 heteroatoms. The summed E-state index contributed by atoms with van der Waals surface area (Å²) in [6.07, 6.45) is 3.17. The van der Waals surface area contributed by atoms with Crippen LogP contribution >= 0.6 is 15.9 Å². The molecule has 1 heterocycles. The van der Waals surface area contributed by atoms with Crippen molar-refractivity contribution >= 4 is 15.9 Å². The lowest BCUT2D eigenvalue weighted by molar-refractivity contribution is 0.155. The van der Waals surface area contributed by atoms with Gasteiger partial charge in [-0.2, -0.15) is 0 Å². The van der Waals surface area contributed by atoms with Gasteiger partial charge in [0.15, 0.2) is 0 Å². The molecule has 0 amide bonds. The van der Waals surface area contributed by atoms with E-state index in [1.807, 2.05) is 35.0 Å². The van der Waals surface area contributed by atoms with E-state index in [2.05, 4.69) is 34.8 Å². The average molecular weight is 309 g/mol. The summed E-state index contributed by atoms with van der Waals surface area (Å²) in [5.41, 5.74) is 0.910. The smallest absolute Gasteiger partial charge is 0.111 e. The minimum atomic E-state index is -0.519. The Kier molecular flexibility index (Phi) is 4.19. The first-order valence-electron chi connectivity index (χ1n) is 6.02. The first-order valence-corrected chi connectivity index (χ1v) is 6.82. The van der Waals surface area contributed by atoms with Gasteiger partial charge in [0.05, 0.1) is 12.6 Å². The number of benzene rings is 1. The van der Waals surface area contributed by atoms with Crippen LogP contribution in [0.5, 0.6) is 0 Å². The maximum atomic E-state index is 10.3. The molecule has 2 rings (SSSR count). The summed E-state index contributed by atoms with van der Waals surface area (Å²) in [4.78, 5) is 4.32. The van der Waals surface area contributed by atoms with Gasteiger partial charge in [-0.25, -0.2) is 4.98 Å². The molecule has 0 saturated heterocycles. The molecule has 0 aliphatic carbocycles. The van der Waals surface area contributed by atoms with Crippen LogP contribution in [-0.2, 0) is 6.54 Å². The molecular formula is C14H17BrN2O. The predicted molar refractivity (Wildman–Crippen MR) is 75.4 cm³/mol. The summed E-state index contributed by atoms with van der Waals surface area (Å²) < 4.78 is 2.99. The van der Waals surface area contributed by atoms with Crippen molar-refractivity contribution in [3.05, 3.63) is 52.5 Å². The second kappa shape index (κ2) is 5.67. The molecule has 3 nitrogen and oxygen atoms in total. The lowest BCUT2D eigenvalue weighted by atomic mass is 10.1. The molecule has 1 N–H and O–H groups in total. The quantitative estimate of drug-likeness (QED) is 0.938. The number of aromatic nitrogens is 2. The van der Waals surface area contributed by atoms with Crippen molar-refractivity contribution in [3.63, 3.8) is 0 Å². The monoisotopic (exact) mass is 308 g/mol. The molecule has 0 spiro atoms. The van der Waals surface area contributed by atoms with Gasteiger partial charge < -0.3 is 9.67 Å². The zero-order chi connectivity index (χ0) is 13.1. The van der Waals surface area contributed by atoms with Crippen LogP contribution in [-0.4, -0.2) is 14.7 Å². The van der Waals surface area contributed by atoms with E-state index >= 15 is 0 Å². The summed E-state index contributed by atoms with van der Waals surface area (Å²) >= 11 is 3.42. The van der Waals surface area contributed by atoms with Crippen LogP contribution in [0.25, 0.3) is 0 Å². The summed E-state index contributed by atoms with van der Waals surface area (Å²) in [6, 6.07) is 7.75. The van der Waals surface area contributed by atoms with E-state index in [1.54, 1.807) is 6.20 Å². The molecule has 1 aromatic carbocycles. The topological polar surface area (TPSA) is 38.0 Å². The second-order valence-corrected chi connectivity index (χ2v) is 5.58. The van der Waals surface area contributed by atoms with E-state index < -0.39 is 6.10 Å². The molecule has 0 aliphatic rings. The summed E-state index contributed by atoms with van der Waals surface area (Å²) in [7, 11) is 0. The SMILES string of the molecule is CC(C)c1nccn1CC(O)c1cccc(Br)c1. The fourth-order valence-corrected chi connectivity index (χ4v) is 2.40. The molecule has 18 heavy (non-hydrogen) atoms. The highest BCUT2D eigenvalue weighted by Gasteiger charge is 2.13. The maximum absolute atomic E-state index is 10.3. The van der Waals surface area contributed by atoms with E-state index in [-0.39, 0.29) is 0 Å². The van der Waals surface area contributed by atoms with E-state index in [1.165, 1.54) is 0 Å². The Morgan fingerprint density at radius 3 is 2.83 bits per heavy atom. The molecule has 1 unspecified atom stereocenters. The highest BCUT2D eigenvalue weighted by molar-refractivity contribution is 9.10. The molecule has 1 atom stereocenters. The van der Waals surface area contributed by atoms with E-state index in [9.17, 15) is 5.11 Å². The highest BCUT2D eigenvalue weighted by atomic mass is 79.9. The van der Waals surface area contributed by atoms with Crippen molar-refractivity contribution in [2.75, 3.05) is 0 Å². The standard InChI is InChI=1S/C14H17BrN2O/c1-10(2)14-16-6-7-17(14)9-13(18)11-4-3-5-12(15)8-11/h3-8,10,13,18H,9H2,1-2H3. The number of aliphatic hydroxyl groups excluding tert-OH is 1. The van der Waals surface area contributed by atoms with Crippen molar-refractivity contribution in [1.82, 2.24) is 9.55 Å². The van der Waals surface area contributed by atoms with Crippen molar-refractivity contribution in [2.45, 2.75) is 32.4 Å². The lowest BCUT2D eigenvalue weighted by Gasteiger charge is -2.15. The average Bonchev–Trinajstić information content (AvgIpc) is 2.77. The largest absolute Gasteiger partial charge is 0.387 e. The van der Waals surface area contributed by atoms with Crippen LogP contribution in [0.1, 0.15) is 37.3 Å². The molecule has 96 valence electrons. The minimum absolute atomic E-state index is 0.356. The summed E-state index contributed by atoms with van der Waals surface area (Å²) in [5, 5.41) is 10.3. The van der Waals surface area contributed by atoms with Crippen LogP contribution in [0.3, 0.4) is 0 Å². The van der Waals surface area contributed by atoms with Gasteiger partial charge in [-0.05, 0) is 17.7 Å². The van der Waals surface area contributed by atoms with Crippen LogP contribution in [0.4, 0.5) is 0 Å². The number of hydrogen-bond donors (Lipinski definition) is 1. The maximum Gasteiger partial charge on any atom is 0.111 e. The molecule has 0 radical (unpaired) electrons. The number of rotatable bonds is 4. The van der Waals surface area contributed by atoms with Gasteiger partial charge in [-0.3, -0.25) is 0 Å². The number of imidazole rings is 1. The number of halogens is 1. The summed E-state index contributed by atoms with van der Waals surface area (Å²) in [6.45, 7) is 4.73. The number of nitrogens with zero attached hydrogens (tertiary/aromatic N) is 2. The third-order valence-corrected chi connectivity index (χ3v) is 3.36. The Morgan fingerprint density at radius 1 is 1.39 bits per heavy atom. The highest BCUT2D eigenvalue weighted by Crippen LogP contribution is 2.21. The van der Waals surface area contributed by atoms with Crippen molar-refractivity contribution in [3.8, 4) is 0 Å². The Labute approximate surface area is 116 Å². The third-order valence-electron chi connectivity index (χ3n) is 2.87. The number of hydrogen-bond acceptors (Lipinski definition) is 2. The van der Waals surface area contributed by atoms with Gasteiger partial charge >= 0.3 is 0 Å². The fourth-order valence-electron chi connectivity index (χ4n) is 1.98. The Hall–Kier alpha value is -1.13. The van der Waals surface area contributed by atoms with Crippen molar-refractivity contribution in [1.29, 1.82) is 0 Å². The fraction of sp³-hybridized carbons (Fsp3) is 0.357. The van der Waals surface area contributed by atoms with Gasteiger partial charge in [0, 0.05) is 22.8 Å². The Bertz CT molecular complexity index is 522.